The van der Waals surface area contributed by atoms with E-state index in [9.17, 15) is 9.59 Å². The maximum atomic E-state index is 12.5. The zero-order chi connectivity index (χ0) is 18.4. The normalized spacial score (nSPS) is 17.0. The number of hydrogen-bond acceptors (Lipinski definition) is 3. The quantitative estimate of drug-likeness (QED) is 0.904. The van der Waals surface area contributed by atoms with E-state index in [1.165, 1.54) is 5.56 Å². The molecule has 0 spiro atoms. The van der Waals surface area contributed by atoms with Crippen LogP contribution in [-0.4, -0.2) is 41.6 Å². The summed E-state index contributed by atoms with van der Waals surface area (Å²) in [5.41, 5.74) is 0.700. The van der Waals surface area contributed by atoms with Crippen LogP contribution >= 0.6 is 0 Å². The fourth-order valence-corrected chi connectivity index (χ4v) is 3.04. The molecular formula is C20H30N2O3. The lowest BCUT2D eigenvalue weighted by Crippen LogP contribution is -2.47. The Labute approximate surface area is 150 Å². The van der Waals surface area contributed by atoms with Crippen LogP contribution in [0.5, 0.6) is 0 Å². The number of piperidine rings is 1. The number of nitrogens with zero attached hydrogens (tertiary/aromatic N) is 1. The lowest BCUT2D eigenvalue weighted by atomic mass is 9.96. The second kappa shape index (κ2) is 8.37. The van der Waals surface area contributed by atoms with Gasteiger partial charge in [0.2, 0.25) is 5.91 Å². The number of carbonyl (C=O) groups is 2. The summed E-state index contributed by atoms with van der Waals surface area (Å²) in [6, 6.07) is 10.2. The monoisotopic (exact) mass is 346 g/mol. The van der Waals surface area contributed by atoms with E-state index in [1.807, 2.05) is 43.9 Å². The minimum absolute atomic E-state index is 0.0745. The second-order valence-corrected chi connectivity index (χ2v) is 7.82. The summed E-state index contributed by atoms with van der Waals surface area (Å²) in [6.45, 7) is 9.00. The van der Waals surface area contributed by atoms with Gasteiger partial charge in [0.1, 0.15) is 5.60 Å². The highest BCUT2D eigenvalue weighted by Crippen LogP contribution is 2.21. The Bertz CT molecular complexity index is 572. The van der Waals surface area contributed by atoms with Gasteiger partial charge in [0.15, 0.2) is 0 Å². The first-order valence-electron chi connectivity index (χ1n) is 9.07. The van der Waals surface area contributed by atoms with E-state index in [4.69, 9.17) is 4.74 Å². The summed E-state index contributed by atoms with van der Waals surface area (Å²) in [5.74, 6) is 0.401. The molecule has 5 heteroatoms. The van der Waals surface area contributed by atoms with Crippen LogP contribution in [-0.2, 0) is 9.53 Å². The lowest BCUT2D eigenvalue weighted by Gasteiger charge is -2.33. The predicted octanol–water partition coefficient (Wildman–Crippen LogP) is 3.70. The second-order valence-electron chi connectivity index (χ2n) is 7.82. The zero-order valence-corrected chi connectivity index (χ0v) is 15.7. The highest BCUT2D eigenvalue weighted by Gasteiger charge is 2.26. The van der Waals surface area contributed by atoms with Crippen LogP contribution in [0, 0.1) is 0 Å². The molecule has 0 aliphatic carbocycles. The predicted molar refractivity (Wildman–Crippen MR) is 98.4 cm³/mol. The molecule has 1 heterocycles. The fraction of sp³-hybridized carbons (Fsp3) is 0.600. The molecule has 1 N–H and O–H groups in total. The largest absolute Gasteiger partial charge is 0.444 e. The maximum Gasteiger partial charge on any atom is 0.407 e. The number of alkyl carbamates (subject to hydrolysis) is 1. The van der Waals surface area contributed by atoms with Crippen molar-refractivity contribution in [2.24, 2.45) is 0 Å². The first-order valence-corrected chi connectivity index (χ1v) is 9.07. The molecule has 1 aromatic rings. The SMILES string of the molecule is C[C@H](CC(=O)N1CCC(NC(=O)OC(C)(C)C)CC1)c1ccccc1. The molecule has 2 amide bonds. The number of benzene rings is 1. The fourth-order valence-electron chi connectivity index (χ4n) is 3.04. The smallest absolute Gasteiger partial charge is 0.407 e. The van der Waals surface area contributed by atoms with E-state index in [2.05, 4.69) is 24.4 Å². The van der Waals surface area contributed by atoms with Gasteiger partial charge in [-0.2, -0.15) is 0 Å². The number of rotatable bonds is 4. The number of carbonyl (C=O) groups excluding carboxylic acids is 2. The van der Waals surface area contributed by atoms with Gasteiger partial charge in [0.05, 0.1) is 0 Å². The van der Waals surface area contributed by atoms with Gasteiger partial charge in [-0.15, -0.1) is 0 Å². The Morgan fingerprint density at radius 2 is 1.80 bits per heavy atom. The first kappa shape index (κ1) is 19.3. The number of amides is 2. The minimum Gasteiger partial charge on any atom is -0.444 e. The molecule has 0 aromatic heterocycles. The Kier molecular flexibility index (Phi) is 6.45. The molecule has 1 aliphatic heterocycles. The van der Waals surface area contributed by atoms with Crippen molar-refractivity contribution in [3.8, 4) is 0 Å². The topological polar surface area (TPSA) is 58.6 Å². The van der Waals surface area contributed by atoms with Crippen molar-refractivity contribution < 1.29 is 14.3 Å². The average molecular weight is 346 g/mol. The van der Waals surface area contributed by atoms with Crippen molar-refractivity contribution in [2.45, 2.75) is 64.5 Å². The van der Waals surface area contributed by atoms with Crippen LogP contribution in [0.3, 0.4) is 0 Å². The molecule has 0 saturated carbocycles. The highest BCUT2D eigenvalue weighted by molar-refractivity contribution is 5.77. The van der Waals surface area contributed by atoms with E-state index in [0.717, 1.165) is 12.8 Å². The van der Waals surface area contributed by atoms with Crippen molar-refractivity contribution in [3.63, 3.8) is 0 Å². The van der Waals surface area contributed by atoms with E-state index in [1.54, 1.807) is 0 Å². The van der Waals surface area contributed by atoms with E-state index >= 15 is 0 Å². The highest BCUT2D eigenvalue weighted by atomic mass is 16.6. The Morgan fingerprint density at radius 3 is 2.36 bits per heavy atom. The molecule has 5 nitrogen and oxygen atoms in total. The van der Waals surface area contributed by atoms with Crippen LogP contribution in [0.25, 0.3) is 0 Å². The van der Waals surface area contributed by atoms with Crippen molar-refractivity contribution >= 4 is 12.0 Å². The first-order chi connectivity index (χ1) is 11.7. The third kappa shape index (κ3) is 6.40. The zero-order valence-electron chi connectivity index (χ0n) is 15.7. The summed E-state index contributed by atoms with van der Waals surface area (Å²) in [4.78, 5) is 26.3. The molecule has 0 unspecified atom stereocenters. The molecule has 0 radical (unpaired) electrons. The third-order valence-electron chi connectivity index (χ3n) is 4.42. The number of hydrogen-bond donors (Lipinski definition) is 1. The summed E-state index contributed by atoms with van der Waals surface area (Å²) in [6.07, 6.45) is 1.68. The Morgan fingerprint density at radius 1 is 1.20 bits per heavy atom. The number of nitrogens with one attached hydrogen (secondary N) is 1. The summed E-state index contributed by atoms with van der Waals surface area (Å²) in [5, 5.41) is 2.90. The third-order valence-corrected chi connectivity index (χ3v) is 4.42. The molecule has 1 saturated heterocycles. The molecule has 0 bridgehead atoms. The maximum absolute atomic E-state index is 12.5. The number of likely N-dealkylation sites (tertiary alicyclic amines) is 1. The van der Waals surface area contributed by atoms with Gasteiger partial charge in [0, 0.05) is 25.6 Å². The van der Waals surface area contributed by atoms with Crippen LogP contribution < -0.4 is 5.32 Å². The molecule has 2 rings (SSSR count). The van der Waals surface area contributed by atoms with Crippen molar-refractivity contribution in [1.82, 2.24) is 10.2 Å². The molecule has 25 heavy (non-hydrogen) atoms. The van der Waals surface area contributed by atoms with Crippen LogP contribution in [0.15, 0.2) is 30.3 Å². The van der Waals surface area contributed by atoms with Crippen molar-refractivity contribution in [1.29, 1.82) is 0 Å². The van der Waals surface area contributed by atoms with Gasteiger partial charge in [-0.3, -0.25) is 4.79 Å². The minimum atomic E-state index is -0.492. The molecular weight excluding hydrogens is 316 g/mol. The molecule has 1 aromatic carbocycles. The van der Waals surface area contributed by atoms with Gasteiger partial charge in [-0.05, 0) is 45.1 Å². The van der Waals surface area contributed by atoms with Crippen molar-refractivity contribution in [2.75, 3.05) is 13.1 Å². The lowest BCUT2D eigenvalue weighted by molar-refractivity contribution is -0.132. The van der Waals surface area contributed by atoms with Gasteiger partial charge in [-0.1, -0.05) is 37.3 Å². The van der Waals surface area contributed by atoms with Gasteiger partial charge >= 0.3 is 6.09 Å². The van der Waals surface area contributed by atoms with Gasteiger partial charge < -0.3 is 15.0 Å². The van der Waals surface area contributed by atoms with E-state index < -0.39 is 5.60 Å². The summed E-state index contributed by atoms with van der Waals surface area (Å²) >= 11 is 0. The van der Waals surface area contributed by atoms with Crippen molar-refractivity contribution in [3.05, 3.63) is 35.9 Å². The Balaban J connectivity index is 1.76. The molecule has 1 fully saturated rings. The van der Waals surface area contributed by atoms with Gasteiger partial charge in [-0.25, -0.2) is 4.79 Å². The molecule has 138 valence electrons. The summed E-state index contributed by atoms with van der Waals surface area (Å²) < 4.78 is 5.29. The Hall–Kier alpha value is -2.04. The van der Waals surface area contributed by atoms with Crippen LogP contribution in [0.2, 0.25) is 0 Å². The number of ether oxygens (including phenoxy) is 1. The van der Waals surface area contributed by atoms with Crippen LogP contribution in [0.1, 0.15) is 58.4 Å². The van der Waals surface area contributed by atoms with Gasteiger partial charge in [0.25, 0.3) is 0 Å². The average Bonchev–Trinajstić information content (AvgIpc) is 2.54. The van der Waals surface area contributed by atoms with E-state index in [0.29, 0.717) is 19.5 Å². The van der Waals surface area contributed by atoms with E-state index in [-0.39, 0.29) is 24.0 Å². The molecule has 1 atom stereocenters. The molecule has 1 aliphatic rings. The van der Waals surface area contributed by atoms with Crippen LogP contribution in [0.4, 0.5) is 4.79 Å². The summed E-state index contributed by atoms with van der Waals surface area (Å²) in [7, 11) is 0. The standard InChI is InChI=1S/C20H30N2O3/c1-15(16-8-6-5-7-9-16)14-18(23)22-12-10-17(11-13-22)21-19(24)25-20(2,3)4/h5-9,15,17H,10-14H2,1-4H3,(H,21,24)/t15-/m1/s1.